The van der Waals surface area contributed by atoms with Crippen LogP contribution >= 0.6 is 0 Å². The SMILES string of the molecule is CN(CC1CCC1)C(=O)Cc1ccc(C#N)cc1. The molecule has 3 nitrogen and oxygen atoms in total. The van der Waals surface area contributed by atoms with Gasteiger partial charge in [0.25, 0.3) is 0 Å². The summed E-state index contributed by atoms with van der Waals surface area (Å²) in [4.78, 5) is 13.8. The second-order valence-electron chi connectivity index (χ2n) is 5.06. The van der Waals surface area contributed by atoms with Crippen molar-refractivity contribution >= 4 is 5.91 Å². The molecular weight excluding hydrogens is 224 g/mol. The number of nitriles is 1. The molecule has 3 heteroatoms. The Labute approximate surface area is 108 Å². The Kier molecular flexibility index (Phi) is 3.99. The van der Waals surface area contributed by atoms with Crippen LogP contribution in [0.3, 0.4) is 0 Å². The number of hydrogen-bond donors (Lipinski definition) is 0. The van der Waals surface area contributed by atoms with Gasteiger partial charge in [0.15, 0.2) is 0 Å². The van der Waals surface area contributed by atoms with Crippen LogP contribution in [0.5, 0.6) is 0 Å². The molecule has 0 N–H and O–H groups in total. The summed E-state index contributed by atoms with van der Waals surface area (Å²) in [7, 11) is 1.88. The summed E-state index contributed by atoms with van der Waals surface area (Å²) in [5.41, 5.74) is 1.61. The average Bonchev–Trinajstić information content (AvgIpc) is 2.34. The van der Waals surface area contributed by atoms with E-state index in [4.69, 9.17) is 5.26 Å². The largest absolute Gasteiger partial charge is 0.345 e. The summed E-state index contributed by atoms with van der Waals surface area (Å²) < 4.78 is 0. The first kappa shape index (κ1) is 12.6. The van der Waals surface area contributed by atoms with E-state index < -0.39 is 0 Å². The number of amides is 1. The Morgan fingerprint density at radius 2 is 2.06 bits per heavy atom. The van der Waals surface area contributed by atoms with E-state index in [1.54, 1.807) is 12.1 Å². The summed E-state index contributed by atoms with van der Waals surface area (Å²) >= 11 is 0. The molecule has 0 heterocycles. The molecular formula is C15H18N2O. The lowest BCUT2D eigenvalue weighted by Crippen LogP contribution is -2.35. The Hall–Kier alpha value is -1.82. The van der Waals surface area contributed by atoms with Gasteiger partial charge in [-0.15, -0.1) is 0 Å². The lowest BCUT2D eigenvalue weighted by atomic mass is 9.85. The van der Waals surface area contributed by atoms with Crippen molar-refractivity contribution in [2.45, 2.75) is 25.7 Å². The number of carbonyl (C=O) groups is 1. The van der Waals surface area contributed by atoms with Crippen LogP contribution < -0.4 is 0 Å². The maximum Gasteiger partial charge on any atom is 0.226 e. The molecule has 2 rings (SSSR count). The summed E-state index contributed by atoms with van der Waals surface area (Å²) in [5, 5.41) is 8.71. The van der Waals surface area contributed by atoms with E-state index in [0.717, 1.165) is 12.1 Å². The highest BCUT2D eigenvalue weighted by Gasteiger charge is 2.21. The monoisotopic (exact) mass is 242 g/mol. The molecule has 0 aliphatic heterocycles. The minimum absolute atomic E-state index is 0.159. The van der Waals surface area contributed by atoms with Crippen molar-refractivity contribution in [3.05, 3.63) is 35.4 Å². The fourth-order valence-electron chi connectivity index (χ4n) is 2.17. The first-order chi connectivity index (χ1) is 8.69. The smallest absolute Gasteiger partial charge is 0.226 e. The van der Waals surface area contributed by atoms with E-state index in [0.29, 0.717) is 17.9 Å². The highest BCUT2D eigenvalue weighted by molar-refractivity contribution is 5.78. The van der Waals surface area contributed by atoms with Crippen molar-refractivity contribution in [2.24, 2.45) is 5.92 Å². The van der Waals surface area contributed by atoms with E-state index in [-0.39, 0.29) is 5.91 Å². The third kappa shape index (κ3) is 3.10. The molecule has 0 saturated heterocycles. The van der Waals surface area contributed by atoms with Crippen LogP contribution in [-0.4, -0.2) is 24.4 Å². The molecule has 1 aliphatic carbocycles. The minimum atomic E-state index is 0.159. The van der Waals surface area contributed by atoms with Gasteiger partial charge in [-0.05, 0) is 36.5 Å². The Balaban J connectivity index is 1.87. The normalized spacial score (nSPS) is 14.7. The van der Waals surface area contributed by atoms with Crippen LogP contribution in [0.4, 0.5) is 0 Å². The highest BCUT2D eigenvalue weighted by Crippen LogP contribution is 2.26. The number of hydrogen-bond acceptors (Lipinski definition) is 2. The molecule has 0 bridgehead atoms. The van der Waals surface area contributed by atoms with Crippen molar-refractivity contribution in [2.75, 3.05) is 13.6 Å². The average molecular weight is 242 g/mol. The molecule has 0 atom stereocenters. The molecule has 0 radical (unpaired) electrons. The Morgan fingerprint density at radius 1 is 1.39 bits per heavy atom. The molecule has 0 unspecified atom stereocenters. The number of carbonyl (C=O) groups excluding carboxylic acids is 1. The van der Waals surface area contributed by atoms with Crippen molar-refractivity contribution in [1.82, 2.24) is 4.90 Å². The summed E-state index contributed by atoms with van der Waals surface area (Å²) in [6.45, 7) is 0.884. The van der Waals surface area contributed by atoms with E-state index in [9.17, 15) is 4.79 Å². The zero-order valence-electron chi connectivity index (χ0n) is 10.7. The summed E-state index contributed by atoms with van der Waals surface area (Å²) in [6.07, 6.45) is 4.25. The third-order valence-electron chi connectivity index (χ3n) is 3.62. The molecule has 94 valence electrons. The minimum Gasteiger partial charge on any atom is -0.345 e. The topological polar surface area (TPSA) is 44.1 Å². The fraction of sp³-hybridized carbons (Fsp3) is 0.467. The van der Waals surface area contributed by atoms with Gasteiger partial charge < -0.3 is 4.90 Å². The second-order valence-corrected chi connectivity index (χ2v) is 5.06. The molecule has 1 amide bonds. The Bertz CT molecular complexity index is 454. The highest BCUT2D eigenvalue weighted by atomic mass is 16.2. The van der Waals surface area contributed by atoms with Gasteiger partial charge in [-0.2, -0.15) is 5.26 Å². The van der Waals surface area contributed by atoms with Crippen LogP contribution in [0.25, 0.3) is 0 Å². The van der Waals surface area contributed by atoms with E-state index in [1.165, 1.54) is 19.3 Å². The summed E-state index contributed by atoms with van der Waals surface area (Å²) in [6, 6.07) is 9.30. The van der Waals surface area contributed by atoms with E-state index in [1.807, 2.05) is 24.1 Å². The van der Waals surface area contributed by atoms with Crippen molar-refractivity contribution in [3.8, 4) is 6.07 Å². The van der Waals surface area contributed by atoms with Crippen LogP contribution in [0, 0.1) is 17.2 Å². The maximum atomic E-state index is 12.0. The van der Waals surface area contributed by atoms with Crippen LogP contribution in [0.2, 0.25) is 0 Å². The standard InChI is InChI=1S/C15H18N2O/c1-17(11-14-3-2-4-14)15(18)9-12-5-7-13(10-16)8-6-12/h5-8,14H,2-4,9,11H2,1H3. The molecule has 1 fully saturated rings. The fourth-order valence-corrected chi connectivity index (χ4v) is 2.17. The zero-order chi connectivity index (χ0) is 13.0. The molecule has 1 aromatic rings. The Morgan fingerprint density at radius 3 is 2.56 bits per heavy atom. The van der Waals surface area contributed by atoms with Gasteiger partial charge in [0.1, 0.15) is 0 Å². The lowest BCUT2D eigenvalue weighted by Gasteiger charge is -2.30. The van der Waals surface area contributed by atoms with Gasteiger partial charge >= 0.3 is 0 Å². The third-order valence-corrected chi connectivity index (χ3v) is 3.62. The van der Waals surface area contributed by atoms with Gasteiger partial charge in [-0.3, -0.25) is 4.79 Å². The van der Waals surface area contributed by atoms with Crippen LogP contribution in [-0.2, 0) is 11.2 Å². The van der Waals surface area contributed by atoms with Crippen molar-refractivity contribution in [3.63, 3.8) is 0 Å². The lowest BCUT2D eigenvalue weighted by molar-refractivity contribution is -0.130. The molecule has 1 saturated carbocycles. The number of nitrogens with zero attached hydrogens (tertiary/aromatic N) is 2. The van der Waals surface area contributed by atoms with Gasteiger partial charge in [0, 0.05) is 13.6 Å². The number of likely N-dealkylation sites (N-methyl/N-ethyl adjacent to an activating group) is 1. The molecule has 18 heavy (non-hydrogen) atoms. The second kappa shape index (κ2) is 5.68. The molecule has 0 aromatic heterocycles. The molecule has 0 spiro atoms. The maximum absolute atomic E-state index is 12.0. The van der Waals surface area contributed by atoms with E-state index >= 15 is 0 Å². The van der Waals surface area contributed by atoms with Gasteiger partial charge in [-0.25, -0.2) is 0 Å². The van der Waals surface area contributed by atoms with Crippen LogP contribution in [0.15, 0.2) is 24.3 Å². The van der Waals surface area contributed by atoms with Gasteiger partial charge in [0.05, 0.1) is 18.1 Å². The van der Waals surface area contributed by atoms with Gasteiger partial charge in [0.2, 0.25) is 5.91 Å². The first-order valence-corrected chi connectivity index (χ1v) is 6.42. The van der Waals surface area contributed by atoms with E-state index in [2.05, 4.69) is 6.07 Å². The first-order valence-electron chi connectivity index (χ1n) is 6.42. The predicted octanol–water partition coefficient (Wildman–Crippen LogP) is 2.36. The van der Waals surface area contributed by atoms with Gasteiger partial charge in [-0.1, -0.05) is 18.6 Å². The molecule has 1 aliphatic rings. The number of benzene rings is 1. The van der Waals surface area contributed by atoms with Crippen LogP contribution in [0.1, 0.15) is 30.4 Å². The number of rotatable bonds is 4. The quantitative estimate of drug-likeness (QED) is 0.813. The zero-order valence-corrected chi connectivity index (χ0v) is 10.7. The molecule has 1 aromatic carbocycles. The van der Waals surface area contributed by atoms with Crippen molar-refractivity contribution in [1.29, 1.82) is 5.26 Å². The summed E-state index contributed by atoms with van der Waals surface area (Å²) in [5.74, 6) is 0.867. The predicted molar refractivity (Wildman–Crippen MR) is 69.8 cm³/mol. The van der Waals surface area contributed by atoms with Crippen molar-refractivity contribution < 1.29 is 4.79 Å².